The fourth-order valence-electron chi connectivity index (χ4n) is 3.24. The summed E-state index contributed by atoms with van der Waals surface area (Å²) in [6.45, 7) is 1.84. The minimum Gasteiger partial charge on any atom is -0.481 e. The van der Waals surface area contributed by atoms with Gasteiger partial charge in [0.15, 0.2) is 0 Å². The number of carboxylic acids is 1. The van der Waals surface area contributed by atoms with E-state index in [9.17, 15) is 19.5 Å². The summed E-state index contributed by atoms with van der Waals surface area (Å²) in [5.74, 6) is -4.27. The van der Waals surface area contributed by atoms with Gasteiger partial charge in [0.05, 0.1) is 23.4 Å². The Bertz CT molecular complexity index is 637. The molecule has 1 aromatic rings. The molecule has 1 aromatic carbocycles. The summed E-state index contributed by atoms with van der Waals surface area (Å²) in [5.41, 5.74) is 0.498. The van der Waals surface area contributed by atoms with Crippen LogP contribution in [0.4, 0.5) is 5.69 Å². The van der Waals surface area contributed by atoms with E-state index in [1.165, 1.54) is 6.08 Å². The average Bonchev–Trinajstić information content (AvgIpc) is 2.73. The van der Waals surface area contributed by atoms with Crippen molar-refractivity contribution in [3.63, 3.8) is 0 Å². The van der Waals surface area contributed by atoms with E-state index in [2.05, 4.69) is 0 Å². The second kappa shape index (κ2) is 4.84. The highest BCUT2D eigenvalue weighted by atomic mass is 16.4. The normalized spacial score (nSPS) is 31.4. The van der Waals surface area contributed by atoms with Crippen LogP contribution >= 0.6 is 0 Å². The predicted molar refractivity (Wildman–Crippen MR) is 75.3 cm³/mol. The largest absolute Gasteiger partial charge is 0.481 e. The number of carbonyl (C=O) groups is 3. The SMILES string of the molecule is CC1C=CC(C(=O)O)C2C(=O)N(c3ccccc3)C(=O)C12. The molecule has 21 heavy (non-hydrogen) atoms. The Morgan fingerprint density at radius 3 is 2.29 bits per heavy atom. The number of carbonyl (C=O) groups excluding carboxylic acids is 2. The summed E-state index contributed by atoms with van der Waals surface area (Å²) in [4.78, 5) is 37.7. The van der Waals surface area contributed by atoms with Crippen molar-refractivity contribution in [2.24, 2.45) is 23.7 Å². The van der Waals surface area contributed by atoms with Crippen LogP contribution in [-0.2, 0) is 14.4 Å². The molecule has 108 valence electrons. The van der Waals surface area contributed by atoms with Gasteiger partial charge in [-0.15, -0.1) is 0 Å². The van der Waals surface area contributed by atoms with E-state index in [0.717, 1.165) is 4.90 Å². The highest BCUT2D eigenvalue weighted by Gasteiger charge is 2.55. The Labute approximate surface area is 121 Å². The number of rotatable bonds is 2. The van der Waals surface area contributed by atoms with Crippen molar-refractivity contribution in [1.29, 1.82) is 0 Å². The van der Waals surface area contributed by atoms with Crippen molar-refractivity contribution >= 4 is 23.5 Å². The molecule has 3 rings (SSSR count). The fraction of sp³-hybridized carbons (Fsp3) is 0.312. The van der Waals surface area contributed by atoms with Crippen LogP contribution in [0.1, 0.15) is 6.92 Å². The first-order chi connectivity index (χ1) is 10.0. The van der Waals surface area contributed by atoms with Gasteiger partial charge in [-0.05, 0) is 18.1 Å². The molecule has 1 N–H and O–H groups in total. The van der Waals surface area contributed by atoms with Crippen LogP contribution in [0.5, 0.6) is 0 Å². The number of benzene rings is 1. The monoisotopic (exact) mass is 285 g/mol. The molecule has 1 aliphatic heterocycles. The zero-order valence-electron chi connectivity index (χ0n) is 11.5. The molecule has 0 radical (unpaired) electrons. The highest BCUT2D eigenvalue weighted by Crippen LogP contribution is 2.43. The van der Waals surface area contributed by atoms with E-state index >= 15 is 0 Å². The van der Waals surface area contributed by atoms with Crippen LogP contribution < -0.4 is 4.90 Å². The lowest BCUT2D eigenvalue weighted by Crippen LogP contribution is -2.36. The Morgan fingerprint density at radius 1 is 1.05 bits per heavy atom. The molecule has 1 fully saturated rings. The summed E-state index contributed by atoms with van der Waals surface area (Å²) in [6, 6.07) is 8.65. The summed E-state index contributed by atoms with van der Waals surface area (Å²) in [5, 5.41) is 9.30. The first-order valence-corrected chi connectivity index (χ1v) is 6.86. The number of amides is 2. The molecule has 5 nitrogen and oxygen atoms in total. The molecule has 0 bridgehead atoms. The molecule has 1 saturated heterocycles. The summed E-state index contributed by atoms with van der Waals surface area (Å²) in [6.07, 6.45) is 3.26. The van der Waals surface area contributed by atoms with Gasteiger partial charge in [0, 0.05) is 0 Å². The number of imide groups is 1. The van der Waals surface area contributed by atoms with Crippen LogP contribution in [0.25, 0.3) is 0 Å². The standard InChI is InChI=1S/C16H15NO4/c1-9-7-8-11(16(20)21)13-12(9)14(18)17(15(13)19)10-5-3-2-4-6-10/h2-9,11-13H,1H3,(H,20,21). The van der Waals surface area contributed by atoms with Crippen molar-refractivity contribution in [1.82, 2.24) is 0 Å². The quantitative estimate of drug-likeness (QED) is 0.663. The van der Waals surface area contributed by atoms with Gasteiger partial charge in [-0.25, -0.2) is 0 Å². The topological polar surface area (TPSA) is 74.7 Å². The number of anilines is 1. The number of hydrogen-bond donors (Lipinski definition) is 1. The van der Waals surface area contributed by atoms with Gasteiger partial charge in [-0.1, -0.05) is 37.3 Å². The van der Waals surface area contributed by atoms with Gasteiger partial charge >= 0.3 is 5.97 Å². The summed E-state index contributed by atoms with van der Waals surface area (Å²) in [7, 11) is 0. The van der Waals surface area contributed by atoms with E-state index in [4.69, 9.17) is 0 Å². The molecular weight excluding hydrogens is 270 g/mol. The van der Waals surface area contributed by atoms with Crippen molar-refractivity contribution in [3.8, 4) is 0 Å². The van der Waals surface area contributed by atoms with Crippen molar-refractivity contribution in [2.45, 2.75) is 6.92 Å². The lowest BCUT2D eigenvalue weighted by molar-refractivity contribution is -0.145. The van der Waals surface area contributed by atoms with Crippen LogP contribution in [0.15, 0.2) is 42.5 Å². The smallest absolute Gasteiger partial charge is 0.311 e. The Hall–Kier alpha value is -2.43. The number of nitrogens with zero attached hydrogens (tertiary/aromatic N) is 1. The van der Waals surface area contributed by atoms with Gasteiger partial charge in [0.1, 0.15) is 0 Å². The van der Waals surface area contributed by atoms with Gasteiger partial charge in [-0.3, -0.25) is 19.3 Å². The van der Waals surface area contributed by atoms with E-state index in [-0.39, 0.29) is 11.8 Å². The van der Waals surface area contributed by atoms with Gasteiger partial charge in [-0.2, -0.15) is 0 Å². The van der Waals surface area contributed by atoms with Crippen LogP contribution in [0, 0.1) is 23.7 Å². The summed E-state index contributed by atoms with van der Waals surface area (Å²) >= 11 is 0. The molecule has 0 aromatic heterocycles. The number of para-hydroxylation sites is 1. The lowest BCUT2D eigenvalue weighted by atomic mass is 9.72. The second-order valence-electron chi connectivity index (χ2n) is 5.51. The van der Waals surface area contributed by atoms with Gasteiger partial charge < -0.3 is 5.11 Å². The minimum atomic E-state index is -1.07. The maximum atomic E-state index is 12.6. The second-order valence-corrected chi connectivity index (χ2v) is 5.51. The number of fused-ring (bicyclic) bond motifs is 1. The Morgan fingerprint density at radius 2 is 1.67 bits per heavy atom. The maximum Gasteiger partial charge on any atom is 0.311 e. The molecule has 4 unspecified atom stereocenters. The fourth-order valence-corrected chi connectivity index (χ4v) is 3.24. The first-order valence-electron chi connectivity index (χ1n) is 6.86. The third-order valence-corrected chi connectivity index (χ3v) is 4.27. The third-order valence-electron chi connectivity index (χ3n) is 4.27. The van der Waals surface area contributed by atoms with Crippen LogP contribution in [0.2, 0.25) is 0 Å². The lowest BCUT2D eigenvalue weighted by Gasteiger charge is -2.27. The zero-order chi connectivity index (χ0) is 15.1. The molecule has 5 heteroatoms. The highest BCUT2D eigenvalue weighted by molar-refractivity contribution is 6.23. The first kappa shape index (κ1) is 13.5. The zero-order valence-corrected chi connectivity index (χ0v) is 11.5. The molecule has 1 aliphatic carbocycles. The molecule has 0 saturated carbocycles. The summed E-state index contributed by atoms with van der Waals surface area (Å²) < 4.78 is 0. The van der Waals surface area contributed by atoms with Gasteiger partial charge in [0.25, 0.3) is 0 Å². The van der Waals surface area contributed by atoms with Crippen molar-refractivity contribution < 1.29 is 19.5 Å². The number of carboxylic acid groups (broad SMARTS) is 1. The Balaban J connectivity index is 2.05. The van der Waals surface area contributed by atoms with Crippen molar-refractivity contribution in [2.75, 3.05) is 4.90 Å². The van der Waals surface area contributed by atoms with E-state index < -0.39 is 29.6 Å². The molecule has 4 atom stereocenters. The average molecular weight is 285 g/mol. The van der Waals surface area contributed by atoms with Gasteiger partial charge in [0.2, 0.25) is 11.8 Å². The molecule has 1 heterocycles. The maximum absolute atomic E-state index is 12.6. The number of aliphatic carboxylic acids is 1. The molecule has 0 spiro atoms. The molecule has 2 amide bonds. The number of allylic oxidation sites excluding steroid dienone is 1. The minimum absolute atomic E-state index is 0.143. The van der Waals surface area contributed by atoms with E-state index in [1.54, 1.807) is 36.4 Å². The predicted octanol–water partition coefficient (Wildman–Crippen LogP) is 1.70. The van der Waals surface area contributed by atoms with Crippen LogP contribution in [-0.4, -0.2) is 22.9 Å². The van der Waals surface area contributed by atoms with Crippen molar-refractivity contribution in [3.05, 3.63) is 42.5 Å². The van der Waals surface area contributed by atoms with Crippen LogP contribution in [0.3, 0.4) is 0 Å². The van der Waals surface area contributed by atoms with E-state index in [0.29, 0.717) is 5.69 Å². The molecule has 2 aliphatic rings. The molecular formula is C16H15NO4. The Kier molecular flexibility index (Phi) is 3.12. The van der Waals surface area contributed by atoms with E-state index in [1.807, 2.05) is 6.92 Å². The number of hydrogen-bond acceptors (Lipinski definition) is 3. The third kappa shape index (κ3) is 1.96.